The zero-order valence-electron chi connectivity index (χ0n) is 10.2. The second kappa shape index (κ2) is 7.48. The summed E-state index contributed by atoms with van der Waals surface area (Å²) in [6.45, 7) is 4.10. The molecule has 2 rings (SSSR count). The molecule has 1 fully saturated rings. The van der Waals surface area contributed by atoms with Gasteiger partial charge in [-0.1, -0.05) is 0 Å². The van der Waals surface area contributed by atoms with Gasteiger partial charge in [-0.2, -0.15) is 0 Å². The lowest BCUT2D eigenvalue weighted by atomic mass is 10.1. The lowest BCUT2D eigenvalue weighted by Crippen LogP contribution is -2.37. The topological polar surface area (TPSA) is 43.6 Å². The van der Waals surface area contributed by atoms with E-state index in [-0.39, 0.29) is 0 Å². The maximum absolute atomic E-state index is 5.50. The molecule has 1 unspecified atom stereocenters. The minimum atomic E-state index is 0.536. The first kappa shape index (κ1) is 12.6. The van der Waals surface area contributed by atoms with Gasteiger partial charge in [0, 0.05) is 19.3 Å². The summed E-state index contributed by atoms with van der Waals surface area (Å²) in [5, 5.41) is 3.49. The van der Waals surface area contributed by atoms with Gasteiger partial charge in [-0.15, -0.1) is 0 Å². The van der Waals surface area contributed by atoms with E-state index < -0.39 is 0 Å². The average Bonchev–Trinajstić information content (AvgIpc) is 2.88. The molecule has 4 nitrogen and oxygen atoms in total. The standard InChI is InChI=1S/C13H21NO3/c1-4-12(10-15-7-1)14-6-3-8-16-11-13-5-2-9-17-13/h2,5,9,12,14H,1,3-4,6-8,10-11H2. The third-order valence-corrected chi connectivity index (χ3v) is 2.88. The van der Waals surface area contributed by atoms with Crippen LogP contribution in [-0.2, 0) is 16.1 Å². The molecule has 1 aromatic rings. The van der Waals surface area contributed by atoms with Crippen molar-refractivity contribution in [2.24, 2.45) is 0 Å². The molecule has 1 atom stereocenters. The van der Waals surface area contributed by atoms with Gasteiger partial charge < -0.3 is 19.2 Å². The van der Waals surface area contributed by atoms with E-state index in [1.54, 1.807) is 6.26 Å². The quantitative estimate of drug-likeness (QED) is 0.739. The summed E-state index contributed by atoms with van der Waals surface area (Å²) in [4.78, 5) is 0. The Labute approximate surface area is 102 Å². The summed E-state index contributed by atoms with van der Waals surface area (Å²) in [5.41, 5.74) is 0. The molecule has 0 aromatic carbocycles. The maximum Gasteiger partial charge on any atom is 0.129 e. The zero-order chi connectivity index (χ0) is 11.8. The van der Waals surface area contributed by atoms with Gasteiger partial charge in [0.2, 0.25) is 0 Å². The van der Waals surface area contributed by atoms with Crippen LogP contribution >= 0.6 is 0 Å². The molecule has 1 aliphatic rings. The van der Waals surface area contributed by atoms with Gasteiger partial charge in [0.15, 0.2) is 0 Å². The Morgan fingerprint density at radius 1 is 1.47 bits per heavy atom. The van der Waals surface area contributed by atoms with E-state index in [0.29, 0.717) is 12.6 Å². The van der Waals surface area contributed by atoms with Crippen molar-refractivity contribution < 1.29 is 13.9 Å². The van der Waals surface area contributed by atoms with Crippen LogP contribution in [0.3, 0.4) is 0 Å². The molecule has 0 saturated carbocycles. The summed E-state index contributed by atoms with van der Waals surface area (Å²) < 4.78 is 16.1. The van der Waals surface area contributed by atoms with Crippen molar-refractivity contribution in [2.45, 2.75) is 31.9 Å². The Kier molecular flexibility index (Phi) is 5.55. The molecule has 0 bridgehead atoms. The van der Waals surface area contributed by atoms with Crippen LogP contribution < -0.4 is 5.32 Å². The minimum Gasteiger partial charge on any atom is -0.467 e. The number of hydrogen-bond acceptors (Lipinski definition) is 4. The lowest BCUT2D eigenvalue weighted by Gasteiger charge is -2.23. The fourth-order valence-electron chi connectivity index (χ4n) is 1.95. The summed E-state index contributed by atoms with van der Waals surface area (Å²) in [7, 11) is 0. The third kappa shape index (κ3) is 4.89. The Bertz CT molecular complexity index is 281. The van der Waals surface area contributed by atoms with E-state index in [9.17, 15) is 0 Å². The van der Waals surface area contributed by atoms with Gasteiger partial charge in [-0.05, 0) is 37.9 Å². The molecule has 1 aliphatic heterocycles. The van der Waals surface area contributed by atoms with Crippen LogP contribution in [0.4, 0.5) is 0 Å². The van der Waals surface area contributed by atoms with Gasteiger partial charge >= 0.3 is 0 Å². The van der Waals surface area contributed by atoms with Crippen LogP contribution in [0.15, 0.2) is 22.8 Å². The molecule has 1 aromatic heterocycles. The van der Waals surface area contributed by atoms with Crippen molar-refractivity contribution in [3.63, 3.8) is 0 Å². The highest BCUT2D eigenvalue weighted by molar-refractivity contribution is 4.95. The second-order valence-electron chi connectivity index (χ2n) is 4.35. The van der Waals surface area contributed by atoms with Crippen LogP contribution in [0, 0.1) is 0 Å². The Balaban J connectivity index is 1.43. The predicted molar refractivity (Wildman–Crippen MR) is 64.8 cm³/mol. The van der Waals surface area contributed by atoms with Gasteiger partial charge in [-0.3, -0.25) is 0 Å². The van der Waals surface area contributed by atoms with Gasteiger partial charge in [0.05, 0.1) is 12.9 Å². The summed E-state index contributed by atoms with van der Waals surface area (Å²) in [6, 6.07) is 4.34. The highest BCUT2D eigenvalue weighted by Crippen LogP contribution is 2.05. The maximum atomic E-state index is 5.50. The normalized spacial score (nSPS) is 20.6. The Morgan fingerprint density at radius 2 is 2.47 bits per heavy atom. The highest BCUT2D eigenvalue weighted by Gasteiger charge is 2.11. The molecule has 0 aliphatic carbocycles. The molecular weight excluding hydrogens is 218 g/mol. The molecular formula is C13H21NO3. The fraction of sp³-hybridized carbons (Fsp3) is 0.692. The molecule has 17 heavy (non-hydrogen) atoms. The number of ether oxygens (including phenoxy) is 2. The monoisotopic (exact) mass is 239 g/mol. The number of nitrogens with one attached hydrogen (secondary N) is 1. The zero-order valence-corrected chi connectivity index (χ0v) is 10.2. The Morgan fingerprint density at radius 3 is 3.24 bits per heavy atom. The predicted octanol–water partition coefficient (Wildman–Crippen LogP) is 1.95. The smallest absolute Gasteiger partial charge is 0.129 e. The fourth-order valence-corrected chi connectivity index (χ4v) is 1.95. The number of furan rings is 1. The SMILES string of the molecule is c1coc(COCCCNC2CCCOC2)c1. The van der Waals surface area contributed by atoms with E-state index in [1.165, 1.54) is 12.8 Å². The highest BCUT2D eigenvalue weighted by atomic mass is 16.5. The van der Waals surface area contributed by atoms with E-state index in [1.807, 2.05) is 12.1 Å². The minimum absolute atomic E-state index is 0.536. The van der Waals surface area contributed by atoms with Gasteiger partial charge in [-0.25, -0.2) is 0 Å². The molecule has 1 saturated heterocycles. The molecule has 0 amide bonds. The molecule has 96 valence electrons. The Hall–Kier alpha value is -0.840. The number of hydrogen-bond donors (Lipinski definition) is 1. The van der Waals surface area contributed by atoms with Crippen LogP contribution in [0.2, 0.25) is 0 Å². The largest absolute Gasteiger partial charge is 0.467 e. The summed E-state index contributed by atoms with van der Waals surface area (Å²) >= 11 is 0. The van der Waals surface area contributed by atoms with Crippen molar-refractivity contribution >= 4 is 0 Å². The first-order valence-electron chi connectivity index (χ1n) is 6.36. The van der Waals surface area contributed by atoms with Gasteiger partial charge in [0.25, 0.3) is 0 Å². The van der Waals surface area contributed by atoms with E-state index in [4.69, 9.17) is 13.9 Å². The molecule has 2 heterocycles. The third-order valence-electron chi connectivity index (χ3n) is 2.88. The number of rotatable bonds is 7. The van der Waals surface area contributed by atoms with Crippen molar-refractivity contribution in [2.75, 3.05) is 26.4 Å². The van der Waals surface area contributed by atoms with Crippen molar-refractivity contribution in [3.05, 3.63) is 24.2 Å². The van der Waals surface area contributed by atoms with Crippen molar-refractivity contribution in [1.29, 1.82) is 0 Å². The molecule has 0 spiro atoms. The van der Waals surface area contributed by atoms with Gasteiger partial charge in [0.1, 0.15) is 12.4 Å². The van der Waals surface area contributed by atoms with Crippen molar-refractivity contribution in [3.8, 4) is 0 Å². The average molecular weight is 239 g/mol. The van der Waals surface area contributed by atoms with Crippen molar-refractivity contribution in [1.82, 2.24) is 5.32 Å². The first-order valence-corrected chi connectivity index (χ1v) is 6.36. The van der Waals surface area contributed by atoms with E-state index in [2.05, 4.69) is 5.32 Å². The van der Waals surface area contributed by atoms with Crippen LogP contribution in [0.25, 0.3) is 0 Å². The first-order chi connectivity index (χ1) is 8.45. The van der Waals surface area contributed by atoms with E-state index >= 15 is 0 Å². The second-order valence-corrected chi connectivity index (χ2v) is 4.35. The molecule has 0 radical (unpaired) electrons. The van der Waals surface area contributed by atoms with Crippen LogP contribution in [-0.4, -0.2) is 32.4 Å². The molecule has 1 N–H and O–H groups in total. The summed E-state index contributed by atoms with van der Waals surface area (Å²) in [5.74, 6) is 0.888. The lowest BCUT2D eigenvalue weighted by molar-refractivity contribution is 0.0674. The molecule has 4 heteroatoms. The summed E-state index contributed by atoms with van der Waals surface area (Å²) in [6.07, 6.45) is 5.10. The van der Waals surface area contributed by atoms with E-state index in [0.717, 1.165) is 38.5 Å². The van der Waals surface area contributed by atoms with Crippen LogP contribution in [0.5, 0.6) is 0 Å². The van der Waals surface area contributed by atoms with Crippen LogP contribution in [0.1, 0.15) is 25.0 Å².